The first-order valence-corrected chi connectivity index (χ1v) is 3.75. The van der Waals surface area contributed by atoms with Gasteiger partial charge in [0.25, 0.3) is 0 Å². The summed E-state index contributed by atoms with van der Waals surface area (Å²) in [6, 6.07) is 0. The third-order valence-electron chi connectivity index (χ3n) is 2.31. The zero-order chi connectivity index (χ0) is 7.45. The molecular weight excluding hydrogens is 130 g/mol. The maximum absolute atomic E-state index is 9.00. The van der Waals surface area contributed by atoms with E-state index in [-0.39, 0.29) is 18.6 Å². The molecule has 1 heterocycles. The van der Waals surface area contributed by atoms with Gasteiger partial charge in [0.1, 0.15) is 0 Å². The lowest BCUT2D eigenvalue weighted by atomic mass is 9.85. The first-order valence-electron chi connectivity index (χ1n) is 3.75. The summed E-state index contributed by atoms with van der Waals surface area (Å²) in [5, 5.41) is 20.9. The molecule has 60 valence electrons. The molecule has 0 aromatic rings. The van der Waals surface area contributed by atoms with Gasteiger partial charge in [0.05, 0.1) is 6.61 Å². The van der Waals surface area contributed by atoms with Crippen LogP contribution in [0, 0.1) is 5.41 Å². The molecule has 0 bridgehead atoms. The summed E-state index contributed by atoms with van der Waals surface area (Å²) in [6.07, 6.45) is 1.71. The van der Waals surface area contributed by atoms with Crippen molar-refractivity contribution in [2.24, 2.45) is 5.41 Å². The molecule has 0 spiro atoms. The van der Waals surface area contributed by atoms with Crippen LogP contribution in [-0.4, -0.2) is 36.5 Å². The van der Waals surface area contributed by atoms with Crippen molar-refractivity contribution in [2.75, 3.05) is 26.3 Å². The second-order valence-electron chi connectivity index (χ2n) is 3.06. The molecule has 1 fully saturated rings. The van der Waals surface area contributed by atoms with Crippen molar-refractivity contribution in [3.63, 3.8) is 0 Å². The Hall–Kier alpha value is -0.120. The van der Waals surface area contributed by atoms with Crippen LogP contribution in [0.4, 0.5) is 0 Å². The number of aliphatic hydroxyl groups excluding tert-OH is 2. The van der Waals surface area contributed by atoms with Gasteiger partial charge in [-0.15, -0.1) is 0 Å². The lowest BCUT2D eigenvalue weighted by Gasteiger charge is -2.23. The molecule has 0 aliphatic carbocycles. The SMILES string of the molecule is OCC[C@@]1(CO)CCNC1. The average Bonchev–Trinajstić information content (AvgIpc) is 2.39. The van der Waals surface area contributed by atoms with Crippen LogP contribution in [0.3, 0.4) is 0 Å². The minimum absolute atomic E-state index is 0.0191. The van der Waals surface area contributed by atoms with Crippen LogP contribution in [-0.2, 0) is 0 Å². The third kappa shape index (κ3) is 1.48. The van der Waals surface area contributed by atoms with E-state index >= 15 is 0 Å². The fraction of sp³-hybridized carbons (Fsp3) is 1.00. The molecule has 3 nitrogen and oxygen atoms in total. The molecule has 0 saturated carbocycles. The van der Waals surface area contributed by atoms with Crippen LogP contribution in [0.5, 0.6) is 0 Å². The van der Waals surface area contributed by atoms with Gasteiger partial charge in [0.2, 0.25) is 0 Å². The highest BCUT2D eigenvalue weighted by atomic mass is 16.3. The van der Waals surface area contributed by atoms with E-state index < -0.39 is 0 Å². The van der Waals surface area contributed by atoms with Crippen molar-refractivity contribution < 1.29 is 10.2 Å². The van der Waals surface area contributed by atoms with Gasteiger partial charge in [0, 0.05) is 18.6 Å². The van der Waals surface area contributed by atoms with Gasteiger partial charge < -0.3 is 15.5 Å². The highest BCUT2D eigenvalue weighted by Gasteiger charge is 2.32. The summed E-state index contributed by atoms with van der Waals surface area (Å²) in [5.74, 6) is 0. The number of rotatable bonds is 3. The highest BCUT2D eigenvalue weighted by Crippen LogP contribution is 2.27. The van der Waals surface area contributed by atoms with E-state index in [9.17, 15) is 0 Å². The van der Waals surface area contributed by atoms with E-state index in [1.54, 1.807) is 0 Å². The second kappa shape index (κ2) is 3.32. The minimum Gasteiger partial charge on any atom is -0.396 e. The van der Waals surface area contributed by atoms with Crippen molar-refractivity contribution in [2.45, 2.75) is 12.8 Å². The van der Waals surface area contributed by atoms with Crippen molar-refractivity contribution in [3.8, 4) is 0 Å². The van der Waals surface area contributed by atoms with E-state index in [2.05, 4.69) is 5.32 Å². The van der Waals surface area contributed by atoms with Crippen molar-refractivity contribution in [3.05, 3.63) is 0 Å². The summed E-state index contributed by atoms with van der Waals surface area (Å²) < 4.78 is 0. The van der Waals surface area contributed by atoms with Crippen LogP contribution in [0.25, 0.3) is 0 Å². The molecule has 3 heteroatoms. The van der Waals surface area contributed by atoms with Crippen LogP contribution in [0.2, 0.25) is 0 Å². The maximum atomic E-state index is 9.00. The number of aliphatic hydroxyl groups is 2. The molecule has 0 radical (unpaired) electrons. The molecule has 10 heavy (non-hydrogen) atoms. The van der Waals surface area contributed by atoms with Crippen LogP contribution in [0.1, 0.15) is 12.8 Å². The van der Waals surface area contributed by atoms with Gasteiger partial charge in [-0.3, -0.25) is 0 Å². The molecule has 3 N–H and O–H groups in total. The summed E-state index contributed by atoms with van der Waals surface area (Å²) in [4.78, 5) is 0. The molecule has 0 aromatic heterocycles. The first kappa shape index (κ1) is 7.98. The topological polar surface area (TPSA) is 52.5 Å². The number of nitrogens with one attached hydrogen (secondary N) is 1. The summed E-state index contributed by atoms with van der Waals surface area (Å²) >= 11 is 0. The van der Waals surface area contributed by atoms with Crippen LogP contribution >= 0.6 is 0 Å². The normalized spacial score (nSPS) is 33.0. The van der Waals surface area contributed by atoms with Crippen molar-refractivity contribution >= 4 is 0 Å². The molecule has 0 aromatic carbocycles. The van der Waals surface area contributed by atoms with E-state index in [0.717, 1.165) is 25.9 Å². The first-order chi connectivity index (χ1) is 4.83. The Morgan fingerprint density at radius 2 is 2.20 bits per heavy atom. The Morgan fingerprint density at radius 1 is 1.40 bits per heavy atom. The fourth-order valence-electron chi connectivity index (χ4n) is 1.46. The minimum atomic E-state index is -0.0191. The van der Waals surface area contributed by atoms with E-state index in [1.807, 2.05) is 0 Å². The summed E-state index contributed by atoms with van der Waals surface area (Å²) in [5.41, 5.74) is -0.0191. The maximum Gasteiger partial charge on any atom is 0.0500 e. The number of hydrogen-bond acceptors (Lipinski definition) is 3. The van der Waals surface area contributed by atoms with Gasteiger partial charge >= 0.3 is 0 Å². The number of hydrogen-bond donors (Lipinski definition) is 3. The highest BCUT2D eigenvalue weighted by molar-refractivity contribution is 4.86. The fourth-order valence-corrected chi connectivity index (χ4v) is 1.46. The second-order valence-corrected chi connectivity index (χ2v) is 3.06. The molecular formula is C7H15NO2. The Morgan fingerprint density at radius 3 is 2.60 bits per heavy atom. The van der Waals surface area contributed by atoms with Gasteiger partial charge in [-0.05, 0) is 19.4 Å². The van der Waals surface area contributed by atoms with E-state index in [0.29, 0.717) is 0 Å². The Bertz CT molecular complexity index is 99.8. The van der Waals surface area contributed by atoms with E-state index in [4.69, 9.17) is 10.2 Å². The molecule has 1 rings (SSSR count). The summed E-state index contributed by atoms with van der Waals surface area (Å²) in [7, 11) is 0. The quantitative estimate of drug-likeness (QED) is 0.494. The molecule has 1 saturated heterocycles. The van der Waals surface area contributed by atoms with Gasteiger partial charge in [0.15, 0.2) is 0 Å². The molecule has 1 aliphatic heterocycles. The standard InChI is InChI=1S/C7H15NO2/c9-4-2-7(6-10)1-3-8-5-7/h8-10H,1-6H2/t7-/m0/s1. The van der Waals surface area contributed by atoms with Gasteiger partial charge in [-0.1, -0.05) is 0 Å². The Kier molecular flexibility index (Phi) is 2.65. The average molecular weight is 145 g/mol. The van der Waals surface area contributed by atoms with Gasteiger partial charge in [-0.25, -0.2) is 0 Å². The molecule has 0 unspecified atom stereocenters. The lowest BCUT2D eigenvalue weighted by Crippen LogP contribution is -2.29. The zero-order valence-electron chi connectivity index (χ0n) is 6.14. The monoisotopic (exact) mass is 145 g/mol. The predicted molar refractivity (Wildman–Crippen MR) is 38.7 cm³/mol. The third-order valence-corrected chi connectivity index (χ3v) is 2.31. The molecule has 1 atom stereocenters. The molecule has 0 amide bonds. The Labute approximate surface area is 61.1 Å². The van der Waals surface area contributed by atoms with Crippen molar-refractivity contribution in [1.82, 2.24) is 5.32 Å². The predicted octanol–water partition coefficient (Wildman–Crippen LogP) is -0.659. The van der Waals surface area contributed by atoms with Gasteiger partial charge in [-0.2, -0.15) is 0 Å². The van der Waals surface area contributed by atoms with E-state index in [1.165, 1.54) is 0 Å². The zero-order valence-corrected chi connectivity index (χ0v) is 6.14. The largest absolute Gasteiger partial charge is 0.396 e. The molecule has 1 aliphatic rings. The Balaban J connectivity index is 2.41. The van der Waals surface area contributed by atoms with Crippen LogP contribution < -0.4 is 5.32 Å². The summed E-state index contributed by atoms with van der Waals surface area (Å²) in [6.45, 7) is 2.20. The van der Waals surface area contributed by atoms with Crippen molar-refractivity contribution in [1.29, 1.82) is 0 Å². The smallest absolute Gasteiger partial charge is 0.0500 e. The van der Waals surface area contributed by atoms with Crippen LogP contribution in [0.15, 0.2) is 0 Å². The lowest BCUT2D eigenvalue weighted by molar-refractivity contribution is 0.107.